The molecule has 1 amide bonds. The van der Waals surface area contributed by atoms with Crippen molar-refractivity contribution in [1.29, 1.82) is 0 Å². The largest absolute Gasteiger partial charge is 0.382 e. The van der Waals surface area contributed by atoms with E-state index in [0.717, 1.165) is 23.6 Å². The van der Waals surface area contributed by atoms with Crippen LogP contribution in [0.15, 0.2) is 24.3 Å². The first-order valence-corrected chi connectivity index (χ1v) is 7.22. The number of anilines is 1. The van der Waals surface area contributed by atoms with Gasteiger partial charge in [-0.05, 0) is 45.2 Å². The molecule has 2 rings (SSSR count). The van der Waals surface area contributed by atoms with Crippen LogP contribution in [-0.2, 0) is 0 Å². The van der Waals surface area contributed by atoms with Gasteiger partial charge in [0, 0.05) is 17.8 Å². The molecule has 2 N–H and O–H groups in total. The number of para-hydroxylation sites is 1. The number of carbonyl (C=O) groups is 1. The van der Waals surface area contributed by atoms with Gasteiger partial charge in [-0.15, -0.1) is 0 Å². The zero-order valence-electron chi connectivity index (χ0n) is 12.1. The van der Waals surface area contributed by atoms with Crippen molar-refractivity contribution >= 4 is 11.6 Å². The smallest absolute Gasteiger partial charge is 0.253 e. The molecule has 0 spiro atoms. The van der Waals surface area contributed by atoms with Gasteiger partial charge in [0.1, 0.15) is 0 Å². The Morgan fingerprint density at radius 2 is 1.95 bits per heavy atom. The predicted molar refractivity (Wildman–Crippen MR) is 79.5 cm³/mol. The van der Waals surface area contributed by atoms with E-state index >= 15 is 0 Å². The van der Waals surface area contributed by atoms with Crippen molar-refractivity contribution < 1.29 is 4.79 Å². The SMILES string of the molecule is CC(C)Nc1ccccc1C(=O)NC(C)CC1CC1. The summed E-state index contributed by atoms with van der Waals surface area (Å²) in [5, 5.41) is 6.42. The lowest BCUT2D eigenvalue weighted by Gasteiger charge is -2.17. The molecule has 0 heterocycles. The fraction of sp³-hybridized carbons (Fsp3) is 0.562. The van der Waals surface area contributed by atoms with Crippen LogP contribution in [0.5, 0.6) is 0 Å². The summed E-state index contributed by atoms with van der Waals surface area (Å²) in [6.07, 6.45) is 3.75. The highest BCUT2D eigenvalue weighted by Gasteiger charge is 2.24. The van der Waals surface area contributed by atoms with Gasteiger partial charge in [0.25, 0.3) is 5.91 Å². The van der Waals surface area contributed by atoms with Gasteiger partial charge < -0.3 is 10.6 Å². The molecule has 1 saturated carbocycles. The lowest BCUT2D eigenvalue weighted by atomic mass is 10.1. The fourth-order valence-corrected chi connectivity index (χ4v) is 2.33. The molecule has 1 unspecified atom stereocenters. The Morgan fingerprint density at radius 3 is 2.58 bits per heavy atom. The predicted octanol–water partition coefficient (Wildman–Crippen LogP) is 3.43. The average Bonchev–Trinajstić information content (AvgIpc) is 3.12. The fourth-order valence-electron chi connectivity index (χ4n) is 2.33. The molecule has 104 valence electrons. The molecule has 1 aliphatic carbocycles. The van der Waals surface area contributed by atoms with Crippen LogP contribution in [0.3, 0.4) is 0 Å². The normalized spacial score (nSPS) is 16.2. The molecule has 3 heteroatoms. The highest BCUT2D eigenvalue weighted by Crippen LogP contribution is 2.33. The van der Waals surface area contributed by atoms with E-state index in [4.69, 9.17) is 0 Å². The van der Waals surface area contributed by atoms with Gasteiger partial charge in [-0.25, -0.2) is 0 Å². The second-order valence-electron chi connectivity index (χ2n) is 5.90. The standard InChI is InChI=1S/C16H24N2O/c1-11(2)17-15-7-5-4-6-14(15)16(19)18-12(3)10-13-8-9-13/h4-7,11-13,17H,8-10H2,1-3H3,(H,18,19). The number of nitrogens with one attached hydrogen (secondary N) is 2. The van der Waals surface area contributed by atoms with Crippen molar-refractivity contribution in [3.8, 4) is 0 Å². The van der Waals surface area contributed by atoms with Crippen molar-refractivity contribution in [2.45, 2.75) is 52.1 Å². The number of benzene rings is 1. The minimum absolute atomic E-state index is 0.0249. The Morgan fingerprint density at radius 1 is 1.26 bits per heavy atom. The maximum atomic E-state index is 12.3. The van der Waals surface area contributed by atoms with Crippen LogP contribution in [0.25, 0.3) is 0 Å². The summed E-state index contributed by atoms with van der Waals surface area (Å²) in [6, 6.07) is 8.27. The van der Waals surface area contributed by atoms with Crippen LogP contribution in [0.4, 0.5) is 5.69 Å². The van der Waals surface area contributed by atoms with E-state index in [2.05, 4.69) is 31.4 Å². The van der Waals surface area contributed by atoms with Gasteiger partial charge in [0.05, 0.1) is 5.56 Å². The zero-order valence-corrected chi connectivity index (χ0v) is 12.1. The summed E-state index contributed by atoms with van der Waals surface area (Å²) in [4.78, 5) is 12.3. The first-order chi connectivity index (χ1) is 9.06. The topological polar surface area (TPSA) is 41.1 Å². The molecule has 1 aliphatic rings. The number of hydrogen-bond donors (Lipinski definition) is 2. The van der Waals surface area contributed by atoms with E-state index < -0.39 is 0 Å². The van der Waals surface area contributed by atoms with Crippen molar-refractivity contribution in [1.82, 2.24) is 5.32 Å². The quantitative estimate of drug-likeness (QED) is 0.822. The van der Waals surface area contributed by atoms with Crippen molar-refractivity contribution in [3.63, 3.8) is 0 Å². The van der Waals surface area contributed by atoms with Crippen LogP contribution >= 0.6 is 0 Å². The molecular formula is C16H24N2O. The molecule has 1 atom stereocenters. The maximum Gasteiger partial charge on any atom is 0.253 e. The van der Waals surface area contributed by atoms with Crippen molar-refractivity contribution in [2.75, 3.05) is 5.32 Å². The third-order valence-electron chi connectivity index (χ3n) is 3.38. The number of hydrogen-bond acceptors (Lipinski definition) is 2. The van der Waals surface area contributed by atoms with Crippen molar-refractivity contribution in [2.24, 2.45) is 5.92 Å². The summed E-state index contributed by atoms with van der Waals surface area (Å²) >= 11 is 0. The first kappa shape index (κ1) is 13.9. The molecule has 0 aromatic heterocycles. The van der Waals surface area contributed by atoms with E-state index in [9.17, 15) is 4.79 Å². The summed E-state index contributed by atoms with van der Waals surface area (Å²) in [5.41, 5.74) is 1.65. The van der Waals surface area contributed by atoms with E-state index in [0.29, 0.717) is 6.04 Å². The molecule has 0 bridgehead atoms. The first-order valence-electron chi connectivity index (χ1n) is 7.22. The number of amides is 1. The Balaban J connectivity index is 2.00. The van der Waals surface area contributed by atoms with Crippen LogP contribution in [0, 0.1) is 5.92 Å². The monoisotopic (exact) mass is 260 g/mol. The zero-order chi connectivity index (χ0) is 13.8. The van der Waals surface area contributed by atoms with Gasteiger partial charge in [0.15, 0.2) is 0 Å². The Bertz CT molecular complexity index is 438. The molecule has 0 radical (unpaired) electrons. The van der Waals surface area contributed by atoms with Crippen LogP contribution in [0.2, 0.25) is 0 Å². The summed E-state index contributed by atoms with van der Waals surface area (Å²) < 4.78 is 0. The minimum atomic E-state index is 0.0249. The van der Waals surface area contributed by atoms with E-state index in [1.54, 1.807) is 0 Å². The lowest BCUT2D eigenvalue weighted by molar-refractivity contribution is 0.0938. The highest BCUT2D eigenvalue weighted by molar-refractivity contribution is 5.99. The molecule has 0 aliphatic heterocycles. The lowest BCUT2D eigenvalue weighted by Crippen LogP contribution is -2.33. The summed E-state index contributed by atoms with van der Waals surface area (Å²) in [7, 11) is 0. The van der Waals surface area contributed by atoms with E-state index in [-0.39, 0.29) is 11.9 Å². The Labute approximate surface area is 115 Å². The molecular weight excluding hydrogens is 236 g/mol. The van der Waals surface area contributed by atoms with Crippen LogP contribution in [-0.4, -0.2) is 18.0 Å². The van der Waals surface area contributed by atoms with E-state index in [1.807, 2.05) is 24.3 Å². The number of rotatable bonds is 6. The Kier molecular flexibility index (Phi) is 4.46. The molecule has 19 heavy (non-hydrogen) atoms. The minimum Gasteiger partial charge on any atom is -0.382 e. The second-order valence-corrected chi connectivity index (χ2v) is 5.90. The van der Waals surface area contributed by atoms with Crippen LogP contribution in [0.1, 0.15) is 50.4 Å². The molecule has 1 fully saturated rings. The van der Waals surface area contributed by atoms with Gasteiger partial charge in [-0.2, -0.15) is 0 Å². The molecule has 0 saturated heterocycles. The van der Waals surface area contributed by atoms with Crippen molar-refractivity contribution in [3.05, 3.63) is 29.8 Å². The third kappa shape index (κ3) is 4.27. The average molecular weight is 260 g/mol. The van der Waals surface area contributed by atoms with Crippen LogP contribution < -0.4 is 10.6 Å². The second kappa shape index (κ2) is 6.09. The van der Waals surface area contributed by atoms with Gasteiger partial charge in [0.2, 0.25) is 0 Å². The van der Waals surface area contributed by atoms with Gasteiger partial charge in [-0.1, -0.05) is 25.0 Å². The summed E-state index contributed by atoms with van der Waals surface area (Å²) in [5.74, 6) is 0.858. The maximum absolute atomic E-state index is 12.3. The Hall–Kier alpha value is -1.51. The molecule has 3 nitrogen and oxygen atoms in total. The molecule has 1 aromatic carbocycles. The van der Waals surface area contributed by atoms with Gasteiger partial charge >= 0.3 is 0 Å². The van der Waals surface area contributed by atoms with E-state index in [1.165, 1.54) is 12.8 Å². The van der Waals surface area contributed by atoms with Gasteiger partial charge in [-0.3, -0.25) is 4.79 Å². The molecule has 1 aromatic rings. The summed E-state index contributed by atoms with van der Waals surface area (Å²) in [6.45, 7) is 6.24. The third-order valence-corrected chi connectivity index (χ3v) is 3.38. The number of carbonyl (C=O) groups excluding carboxylic acids is 1. The highest BCUT2D eigenvalue weighted by atomic mass is 16.1.